The Hall–Kier alpha value is -3.50. The number of aryl methyl sites for hydroxylation is 1. The van der Waals surface area contributed by atoms with Crippen LogP contribution < -0.4 is 16.0 Å². The van der Waals surface area contributed by atoms with Crippen LogP contribution in [0.3, 0.4) is 0 Å². The summed E-state index contributed by atoms with van der Waals surface area (Å²) in [6, 6.07) is 1.42. The summed E-state index contributed by atoms with van der Waals surface area (Å²) in [5.41, 5.74) is 1.24. The molecule has 0 saturated heterocycles. The van der Waals surface area contributed by atoms with Gasteiger partial charge in [0, 0.05) is 35.6 Å². The van der Waals surface area contributed by atoms with Gasteiger partial charge in [0.1, 0.15) is 0 Å². The van der Waals surface area contributed by atoms with Crippen molar-refractivity contribution in [3.8, 4) is 0 Å². The Morgan fingerprint density at radius 1 is 1.36 bits per heavy atom. The van der Waals surface area contributed by atoms with E-state index in [2.05, 4.69) is 31.0 Å². The third kappa shape index (κ3) is 3.50. The standard InChI is InChI=1S/C17H17F2N7O2/c1-8(4-9-7-20-13-6-12(19)11(18)5-10(9)13)21-17(28)24-15-23-16-22-14(27)2-3-26(16)25-15/h5-8,20H,2-4H2,1H3,(H3,21,22,23,24,25,27,28). The SMILES string of the molecule is CC(Cc1c[nH]c2cc(F)c(F)cc12)NC(=O)Nc1nc2n(n1)CCC(=O)N2. The molecule has 28 heavy (non-hydrogen) atoms. The van der Waals surface area contributed by atoms with Crippen molar-refractivity contribution in [2.45, 2.75) is 32.4 Å². The van der Waals surface area contributed by atoms with Crippen LogP contribution in [0.2, 0.25) is 0 Å². The van der Waals surface area contributed by atoms with Gasteiger partial charge in [-0.3, -0.25) is 15.4 Å². The zero-order chi connectivity index (χ0) is 19.8. The number of amides is 3. The molecule has 3 amide bonds. The zero-order valence-electron chi connectivity index (χ0n) is 14.8. The molecular formula is C17H17F2N7O2. The molecule has 1 atom stereocenters. The van der Waals surface area contributed by atoms with Gasteiger partial charge in [0.05, 0.1) is 6.54 Å². The predicted molar refractivity (Wildman–Crippen MR) is 96.8 cm³/mol. The summed E-state index contributed by atoms with van der Waals surface area (Å²) in [5.74, 6) is -1.63. The molecule has 1 aromatic carbocycles. The van der Waals surface area contributed by atoms with Crippen molar-refractivity contribution >= 4 is 34.7 Å². The van der Waals surface area contributed by atoms with Gasteiger partial charge in [0.15, 0.2) is 11.6 Å². The topological polar surface area (TPSA) is 117 Å². The number of fused-ring (bicyclic) bond motifs is 2. The van der Waals surface area contributed by atoms with Crippen LogP contribution in [-0.2, 0) is 17.8 Å². The van der Waals surface area contributed by atoms with Crippen molar-refractivity contribution in [3.63, 3.8) is 0 Å². The summed E-state index contributed by atoms with van der Waals surface area (Å²) in [6.45, 7) is 2.18. The number of hydrogen-bond acceptors (Lipinski definition) is 4. The van der Waals surface area contributed by atoms with Crippen LogP contribution in [0.5, 0.6) is 0 Å². The van der Waals surface area contributed by atoms with Crippen LogP contribution in [0.1, 0.15) is 18.9 Å². The molecule has 2 aromatic heterocycles. The number of carbonyl (C=O) groups excluding carboxylic acids is 2. The van der Waals surface area contributed by atoms with Gasteiger partial charge in [-0.05, 0) is 25.0 Å². The lowest BCUT2D eigenvalue weighted by Gasteiger charge is -2.13. The van der Waals surface area contributed by atoms with Crippen molar-refractivity contribution < 1.29 is 18.4 Å². The van der Waals surface area contributed by atoms with E-state index >= 15 is 0 Å². The Kier molecular flexibility index (Phi) is 4.41. The summed E-state index contributed by atoms with van der Waals surface area (Å²) in [7, 11) is 0. The third-order valence-corrected chi connectivity index (χ3v) is 4.41. The lowest BCUT2D eigenvalue weighted by atomic mass is 10.1. The van der Waals surface area contributed by atoms with Crippen LogP contribution in [-0.4, -0.2) is 37.7 Å². The zero-order valence-corrected chi connectivity index (χ0v) is 14.8. The van der Waals surface area contributed by atoms with Crippen molar-refractivity contribution in [2.75, 3.05) is 10.6 Å². The first-order chi connectivity index (χ1) is 13.4. The fourth-order valence-electron chi connectivity index (χ4n) is 3.12. The van der Waals surface area contributed by atoms with Gasteiger partial charge < -0.3 is 10.3 Å². The maximum absolute atomic E-state index is 13.5. The van der Waals surface area contributed by atoms with E-state index in [1.807, 2.05) is 0 Å². The molecule has 4 rings (SSSR count). The monoisotopic (exact) mass is 389 g/mol. The maximum atomic E-state index is 13.5. The Morgan fingerprint density at radius 3 is 2.96 bits per heavy atom. The van der Waals surface area contributed by atoms with Crippen LogP contribution >= 0.6 is 0 Å². The molecule has 1 aliphatic heterocycles. The summed E-state index contributed by atoms with van der Waals surface area (Å²) >= 11 is 0. The van der Waals surface area contributed by atoms with Crippen molar-refractivity contribution in [1.29, 1.82) is 0 Å². The second-order valence-corrected chi connectivity index (χ2v) is 6.61. The van der Waals surface area contributed by atoms with E-state index in [1.165, 1.54) is 4.68 Å². The molecule has 146 valence electrons. The number of benzene rings is 1. The third-order valence-electron chi connectivity index (χ3n) is 4.41. The molecule has 0 fully saturated rings. The second kappa shape index (κ2) is 6.91. The normalized spacial score (nSPS) is 14.5. The second-order valence-electron chi connectivity index (χ2n) is 6.61. The van der Waals surface area contributed by atoms with E-state index < -0.39 is 17.7 Å². The molecule has 0 aliphatic carbocycles. The lowest BCUT2D eigenvalue weighted by Crippen LogP contribution is -2.37. The number of hydrogen-bond donors (Lipinski definition) is 4. The number of aromatic amines is 1. The number of nitrogens with one attached hydrogen (secondary N) is 4. The van der Waals surface area contributed by atoms with Gasteiger partial charge in [-0.15, -0.1) is 5.10 Å². The van der Waals surface area contributed by atoms with Gasteiger partial charge in [-0.25, -0.2) is 18.3 Å². The molecule has 4 N–H and O–H groups in total. The van der Waals surface area contributed by atoms with Gasteiger partial charge in [0.25, 0.3) is 5.95 Å². The van der Waals surface area contributed by atoms with E-state index in [0.29, 0.717) is 30.3 Å². The first-order valence-corrected chi connectivity index (χ1v) is 8.66. The molecule has 1 unspecified atom stereocenters. The Bertz CT molecular complexity index is 1080. The van der Waals surface area contributed by atoms with Crippen LogP contribution in [0.25, 0.3) is 10.9 Å². The van der Waals surface area contributed by atoms with Crippen molar-refractivity contribution in [3.05, 3.63) is 35.5 Å². The van der Waals surface area contributed by atoms with Gasteiger partial charge in [-0.2, -0.15) is 4.98 Å². The fraction of sp³-hybridized carbons (Fsp3) is 0.294. The van der Waals surface area contributed by atoms with Crippen LogP contribution in [0.15, 0.2) is 18.3 Å². The Morgan fingerprint density at radius 2 is 2.14 bits per heavy atom. The molecule has 1 aliphatic rings. The molecule has 3 aromatic rings. The number of carbonyl (C=O) groups is 2. The number of anilines is 2. The number of rotatable bonds is 4. The maximum Gasteiger partial charge on any atom is 0.321 e. The first-order valence-electron chi connectivity index (χ1n) is 8.66. The highest BCUT2D eigenvalue weighted by Crippen LogP contribution is 2.22. The minimum absolute atomic E-state index is 0.0755. The Balaban J connectivity index is 1.39. The highest BCUT2D eigenvalue weighted by molar-refractivity contribution is 5.91. The number of H-pyrrole nitrogens is 1. The van der Waals surface area contributed by atoms with Crippen molar-refractivity contribution in [1.82, 2.24) is 25.1 Å². The smallest absolute Gasteiger partial charge is 0.321 e. The summed E-state index contributed by atoms with van der Waals surface area (Å²) < 4.78 is 28.3. The number of halogens is 2. The summed E-state index contributed by atoms with van der Waals surface area (Å²) in [5, 5.41) is 12.5. The largest absolute Gasteiger partial charge is 0.361 e. The Labute approximate surface area is 157 Å². The lowest BCUT2D eigenvalue weighted by molar-refractivity contribution is -0.117. The van der Waals surface area contributed by atoms with Crippen molar-refractivity contribution in [2.24, 2.45) is 0 Å². The molecule has 9 nitrogen and oxygen atoms in total. The molecule has 0 spiro atoms. The molecule has 0 saturated carbocycles. The van der Waals surface area contributed by atoms with Gasteiger partial charge in [-0.1, -0.05) is 0 Å². The number of urea groups is 1. The number of nitrogens with zero attached hydrogens (tertiary/aromatic N) is 3. The number of aromatic nitrogens is 4. The van der Waals surface area contributed by atoms with E-state index in [-0.39, 0.29) is 23.8 Å². The highest BCUT2D eigenvalue weighted by atomic mass is 19.2. The van der Waals surface area contributed by atoms with Crippen LogP contribution in [0.4, 0.5) is 25.5 Å². The molecule has 0 radical (unpaired) electrons. The average Bonchev–Trinajstić information content (AvgIpc) is 3.18. The molecule has 11 heteroatoms. The summed E-state index contributed by atoms with van der Waals surface area (Å²) in [4.78, 5) is 30.5. The highest BCUT2D eigenvalue weighted by Gasteiger charge is 2.20. The van der Waals surface area contributed by atoms with E-state index in [0.717, 1.165) is 17.7 Å². The molecular weight excluding hydrogens is 372 g/mol. The minimum atomic E-state index is -0.923. The average molecular weight is 389 g/mol. The quantitative estimate of drug-likeness (QED) is 0.547. The molecule has 3 heterocycles. The summed E-state index contributed by atoms with van der Waals surface area (Å²) in [6.07, 6.45) is 2.36. The fourth-order valence-corrected chi connectivity index (χ4v) is 3.12. The predicted octanol–water partition coefficient (Wildman–Crippen LogP) is 2.13. The first kappa shape index (κ1) is 17.9. The van der Waals surface area contributed by atoms with E-state index in [9.17, 15) is 18.4 Å². The molecule has 0 bridgehead atoms. The van der Waals surface area contributed by atoms with Gasteiger partial charge >= 0.3 is 6.03 Å². The van der Waals surface area contributed by atoms with Crippen LogP contribution in [0, 0.1) is 11.6 Å². The van der Waals surface area contributed by atoms with E-state index in [1.54, 1.807) is 13.1 Å². The van der Waals surface area contributed by atoms with E-state index in [4.69, 9.17) is 0 Å². The van der Waals surface area contributed by atoms with Gasteiger partial charge in [0.2, 0.25) is 11.9 Å². The minimum Gasteiger partial charge on any atom is -0.361 e.